The van der Waals surface area contributed by atoms with Crippen molar-refractivity contribution in [3.8, 4) is 0 Å². The van der Waals surface area contributed by atoms with Crippen molar-refractivity contribution in [3.63, 3.8) is 0 Å². The maximum absolute atomic E-state index is 5.51. The van der Waals surface area contributed by atoms with E-state index in [1.807, 2.05) is 6.26 Å². The number of hydrogen-bond donors (Lipinski definition) is 1. The Balaban J connectivity index is 1.86. The third-order valence-electron chi connectivity index (χ3n) is 2.89. The summed E-state index contributed by atoms with van der Waals surface area (Å²) in [4.78, 5) is 0. The van der Waals surface area contributed by atoms with E-state index in [1.165, 1.54) is 11.3 Å². The molecule has 0 aromatic heterocycles. The highest BCUT2D eigenvalue weighted by molar-refractivity contribution is 5.45. The summed E-state index contributed by atoms with van der Waals surface area (Å²) in [5, 5.41) is 3.43. The van der Waals surface area contributed by atoms with E-state index in [4.69, 9.17) is 4.74 Å². The lowest BCUT2D eigenvalue weighted by Crippen LogP contribution is -2.22. The Morgan fingerprint density at radius 2 is 2.38 bits per heavy atom. The van der Waals surface area contributed by atoms with E-state index in [0.717, 1.165) is 25.8 Å². The number of aryl methyl sites for hydroxylation is 1. The molecule has 1 heterocycles. The van der Waals surface area contributed by atoms with Gasteiger partial charge in [-0.25, -0.2) is 0 Å². The van der Waals surface area contributed by atoms with E-state index in [1.54, 1.807) is 0 Å². The molecule has 16 heavy (non-hydrogen) atoms. The monoisotopic (exact) mass is 217 g/mol. The van der Waals surface area contributed by atoms with Crippen molar-refractivity contribution >= 4 is 5.69 Å². The van der Waals surface area contributed by atoms with Gasteiger partial charge in [-0.2, -0.15) is 0 Å². The molecule has 0 radical (unpaired) electrons. The van der Waals surface area contributed by atoms with Crippen LogP contribution in [0.2, 0.25) is 0 Å². The number of allylic oxidation sites excluding steroid dienone is 1. The van der Waals surface area contributed by atoms with Crippen molar-refractivity contribution in [1.82, 2.24) is 0 Å². The Hall–Kier alpha value is -1.44. The molecule has 0 saturated carbocycles. The van der Waals surface area contributed by atoms with Crippen molar-refractivity contribution in [2.24, 2.45) is 0 Å². The number of ether oxygens (including phenoxy) is 1. The van der Waals surface area contributed by atoms with Crippen LogP contribution in [0.4, 0.5) is 5.69 Å². The summed E-state index contributed by atoms with van der Waals surface area (Å²) in [6.07, 6.45) is 7.53. The second-order valence-corrected chi connectivity index (χ2v) is 4.14. The van der Waals surface area contributed by atoms with Crippen LogP contribution >= 0.6 is 0 Å². The normalized spacial score (nSPS) is 19.2. The molecular weight excluding hydrogens is 198 g/mol. The van der Waals surface area contributed by atoms with Gasteiger partial charge in [-0.3, -0.25) is 0 Å². The van der Waals surface area contributed by atoms with Crippen LogP contribution in [0.5, 0.6) is 0 Å². The average molecular weight is 217 g/mol. The van der Waals surface area contributed by atoms with Crippen LogP contribution < -0.4 is 5.32 Å². The highest BCUT2D eigenvalue weighted by Gasteiger charge is 2.09. The van der Waals surface area contributed by atoms with Gasteiger partial charge in [-0.1, -0.05) is 19.1 Å². The molecule has 1 unspecified atom stereocenters. The minimum atomic E-state index is 0.315. The van der Waals surface area contributed by atoms with Crippen LogP contribution in [0.3, 0.4) is 0 Å². The fourth-order valence-corrected chi connectivity index (χ4v) is 1.87. The number of anilines is 1. The molecule has 0 spiro atoms. The highest BCUT2D eigenvalue weighted by Crippen LogP contribution is 2.14. The molecule has 86 valence electrons. The first kappa shape index (κ1) is 11.1. The predicted molar refractivity (Wildman–Crippen MR) is 67.6 cm³/mol. The third-order valence-corrected chi connectivity index (χ3v) is 2.89. The van der Waals surface area contributed by atoms with Gasteiger partial charge in [0.15, 0.2) is 0 Å². The summed E-state index contributed by atoms with van der Waals surface area (Å²) in [6, 6.07) is 8.57. The van der Waals surface area contributed by atoms with Crippen molar-refractivity contribution in [1.29, 1.82) is 0 Å². The number of rotatable bonds is 4. The van der Waals surface area contributed by atoms with Crippen LogP contribution in [0.25, 0.3) is 0 Å². The summed E-state index contributed by atoms with van der Waals surface area (Å²) in [5.74, 6) is 0. The maximum Gasteiger partial charge on any atom is 0.115 e. The summed E-state index contributed by atoms with van der Waals surface area (Å²) < 4.78 is 5.51. The zero-order chi connectivity index (χ0) is 11.2. The molecule has 1 atom stereocenters. The molecule has 1 N–H and O–H groups in total. The van der Waals surface area contributed by atoms with Gasteiger partial charge >= 0.3 is 0 Å². The Labute approximate surface area is 97.3 Å². The van der Waals surface area contributed by atoms with Crippen molar-refractivity contribution < 1.29 is 4.74 Å². The molecule has 0 aliphatic carbocycles. The molecule has 0 amide bonds. The topological polar surface area (TPSA) is 21.3 Å². The average Bonchev–Trinajstić information content (AvgIpc) is 2.38. The van der Waals surface area contributed by atoms with E-state index < -0.39 is 0 Å². The molecule has 1 aromatic carbocycles. The molecule has 1 aliphatic heterocycles. The summed E-state index contributed by atoms with van der Waals surface area (Å²) in [7, 11) is 0. The number of benzene rings is 1. The van der Waals surface area contributed by atoms with E-state index in [2.05, 4.69) is 42.6 Å². The fraction of sp³-hybridized carbons (Fsp3) is 0.429. The van der Waals surface area contributed by atoms with Gasteiger partial charge in [0, 0.05) is 5.69 Å². The zero-order valence-electron chi connectivity index (χ0n) is 9.78. The Kier molecular flexibility index (Phi) is 3.86. The number of nitrogens with one attached hydrogen (secondary N) is 1. The molecule has 0 saturated heterocycles. The van der Waals surface area contributed by atoms with Crippen molar-refractivity contribution in [3.05, 3.63) is 42.2 Å². The van der Waals surface area contributed by atoms with Crippen LogP contribution in [-0.2, 0) is 11.2 Å². The van der Waals surface area contributed by atoms with Crippen LogP contribution in [-0.4, -0.2) is 12.6 Å². The molecular formula is C14H19NO. The molecule has 2 nitrogen and oxygen atoms in total. The second-order valence-electron chi connectivity index (χ2n) is 4.14. The summed E-state index contributed by atoms with van der Waals surface area (Å²) in [6.45, 7) is 3.06. The molecule has 0 fully saturated rings. The largest absolute Gasteiger partial charge is 0.497 e. The van der Waals surface area contributed by atoms with Gasteiger partial charge in [0.05, 0.1) is 12.8 Å². The standard InChI is InChI=1S/C14H19NO/c1-2-12-6-5-7-13(10-12)15-11-14-8-3-4-9-16-14/h4-7,9-10,14-15H,2-3,8,11H2,1H3. The lowest BCUT2D eigenvalue weighted by Gasteiger charge is -2.20. The van der Waals surface area contributed by atoms with E-state index in [-0.39, 0.29) is 0 Å². The van der Waals surface area contributed by atoms with Gasteiger partial charge < -0.3 is 10.1 Å². The van der Waals surface area contributed by atoms with Crippen LogP contribution in [0, 0.1) is 0 Å². The summed E-state index contributed by atoms with van der Waals surface area (Å²) in [5.41, 5.74) is 2.56. The third kappa shape index (κ3) is 3.02. The van der Waals surface area contributed by atoms with Crippen LogP contribution in [0.1, 0.15) is 25.3 Å². The highest BCUT2D eigenvalue weighted by atomic mass is 16.5. The Bertz CT molecular complexity index is 360. The van der Waals surface area contributed by atoms with Crippen LogP contribution in [0.15, 0.2) is 36.6 Å². The minimum Gasteiger partial charge on any atom is -0.497 e. The van der Waals surface area contributed by atoms with Crippen molar-refractivity contribution in [2.45, 2.75) is 32.3 Å². The second kappa shape index (κ2) is 5.59. The van der Waals surface area contributed by atoms with Gasteiger partial charge in [0.2, 0.25) is 0 Å². The Morgan fingerprint density at radius 3 is 3.12 bits per heavy atom. The van der Waals surface area contributed by atoms with Gasteiger partial charge in [0.1, 0.15) is 6.10 Å². The SMILES string of the molecule is CCc1cccc(NCC2CCC=CO2)c1. The lowest BCUT2D eigenvalue weighted by molar-refractivity contribution is 0.135. The zero-order valence-corrected chi connectivity index (χ0v) is 9.78. The quantitative estimate of drug-likeness (QED) is 0.835. The number of hydrogen-bond acceptors (Lipinski definition) is 2. The Morgan fingerprint density at radius 1 is 1.44 bits per heavy atom. The lowest BCUT2D eigenvalue weighted by atomic mass is 10.1. The first-order valence-corrected chi connectivity index (χ1v) is 6.02. The minimum absolute atomic E-state index is 0.315. The van der Waals surface area contributed by atoms with E-state index in [9.17, 15) is 0 Å². The van der Waals surface area contributed by atoms with Gasteiger partial charge in [-0.15, -0.1) is 0 Å². The molecule has 1 aliphatic rings. The smallest absolute Gasteiger partial charge is 0.115 e. The molecule has 1 aromatic rings. The summed E-state index contributed by atoms with van der Waals surface area (Å²) >= 11 is 0. The fourth-order valence-electron chi connectivity index (χ4n) is 1.87. The van der Waals surface area contributed by atoms with Gasteiger partial charge in [0.25, 0.3) is 0 Å². The predicted octanol–water partition coefficient (Wildman–Crippen LogP) is 3.35. The molecule has 0 bridgehead atoms. The molecule has 2 heteroatoms. The first-order valence-electron chi connectivity index (χ1n) is 6.02. The van der Waals surface area contributed by atoms with E-state index in [0.29, 0.717) is 6.10 Å². The van der Waals surface area contributed by atoms with E-state index >= 15 is 0 Å². The maximum atomic E-state index is 5.51. The first-order chi connectivity index (χ1) is 7.88. The molecule has 2 rings (SSSR count). The van der Waals surface area contributed by atoms with Gasteiger partial charge in [-0.05, 0) is 43.0 Å². The van der Waals surface area contributed by atoms with Crippen molar-refractivity contribution in [2.75, 3.05) is 11.9 Å².